The lowest BCUT2D eigenvalue weighted by atomic mass is 10.2. The summed E-state index contributed by atoms with van der Waals surface area (Å²) in [6, 6.07) is 2.09. The van der Waals surface area contributed by atoms with Crippen LogP contribution in [0.15, 0.2) is 17.6 Å². The predicted molar refractivity (Wildman–Crippen MR) is 65.6 cm³/mol. The van der Waals surface area contributed by atoms with Crippen LogP contribution in [0.4, 0.5) is 20.2 Å². The number of halogens is 2. The van der Waals surface area contributed by atoms with Crippen LogP contribution in [0.3, 0.4) is 0 Å². The molecule has 0 spiro atoms. The minimum Gasteiger partial charge on any atom is -0.397 e. The molecule has 1 amide bonds. The van der Waals surface area contributed by atoms with E-state index >= 15 is 0 Å². The highest BCUT2D eigenvalue weighted by molar-refractivity contribution is 7.12. The van der Waals surface area contributed by atoms with Crippen molar-refractivity contribution in [3.63, 3.8) is 0 Å². The largest absolute Gasteiger partial charge is 0.397 e. The predicted octanol–water partition coefficient (Wildman–Crippen LogP) is 2.56. The molecular formula is C11H9F2N3OS. The number of aromatic nitrogens is 1. The van der Waals surface area contributed by atoms with Gasteiger partial charge in [0.1, 0.15) is 10.6 Å². The molecule has 0 bridgehead atoms. The second kappa shape index (κ2) is 4.69. The zero-order chi connectivity index (χ0) is 13.3. The average Bonchev–Trinajstić information content (AvgIpc) is 2.76. The third kappa shape index (κ3) is 2.17. The molecule has 18 heavy (non-hydrogen) atoms. The third-order valence-corrected chi connectivity index (χ3v) is 3.24. The monoisotopic (exact) mass is 269 g/mol. The van der Waals surface area contributed by atoms with Crippen molar-refractivity contribution in [2.75, 3.05) is 11.1 Å². The van der Waals surface area contributed by atoms with Crippen LogP contribution >= 0.6 is 11.3 Å². The van der Waals surface area contributed by atoms with Crippen molar-refractivity contribution in [3.8, 4) is 0 Å². The number of thiazole rings is 1. The number of nitrogens with zero attached hydrogens (tertiary/aromatic N) is 1. The SMILES string of the molecule is Cc1ncsc1C(=O)Nc1c(N)ccc(F)c1F. The molecule has 3 N–H and O–H groups in total. The van der Waals surface area contributed by atoms with E-state index in [9.17, 15) is 13.6 Å². The first kappa shape index (κ1) is 12.4. The van der Waals surface area contributed by atoms with Gasteiger partial charge in [-0.2, -0.15) is 0 Å². The van der Waals surface area contributed by atoms with Gasteiger partial charge in [-0.15, -0.1) is 11.3 Å². The summed E-state index contributed by atoms with van der Waals surface area (Å²) in [6.07, 6.45) is 0. The summed E-state index contributed by atoms with van der Waals surface area (Å²) in [5.41, 5.74) is 7.12. The first-order valence-electron chi connectivity index (χ1n) is 4.95. The minimum atomic E-state index is -1.18. The molecule has 1 heterocycles. The lowest BCUT2D eigenvalue weighted by Crippen LogP contribution is -2.15. The summed E-state index contributed by atoms with van der Waals surface area (Å²) >= 11 is 1.11. The molecule has 1 aromatic heterocycles. The smallest absolute Gasteiger partial charge is 0.267 e. The van der Waals surface area contributed by atoms with E-state index in [1.54, 1.807) is 6.92 Å². The number of hydrogen-bond acceptors (Lipinski definition) is 4. The Morgan fingerprint density at radius 3 is 2.78 bits per heavy atom. The summed E-state index contributed by atoms with van der Waals surface area (Å²) in [7, 11) is 0. The first-order chi connectivity index (χ1) is 8.50. The summed E-state index contributed by atoms with van der Waals surface area (Å²) in [5, 5.41) is 2.25. The van der Waals surface area contributed by atoms with Crippen molar-refractivity contribution in [2.45, 2.75) is 6.92 Å². The first-order valence-corrected chi connectivity index (χ1v) is 5.83. The number of carbonyl (C=O) groups excluding carboxylic acids is 1. The van der Waals surface area contributed by atoms with Gasteiger partial charge in [-0.05, 0) is 19.1 Å². The lowest BCUT2D eigenvalue weighted by molar-refractivity contribution is 0.102. The van der Waals surface area contributed by atoms with E-state index in [0.29, 0.717) is 10.6 Å². The molecule has 0 saturated heterocycles. The normalized spacial score (nSPS) is 10.4. The van der Waals surface area contributed by atoms with E-state index in [1.165, 1.54) is 11.6 Å². The quantitative estimate of drug-likeness (QED) is 0.823. The molecular weight excluding hydrogens is 260 g/mol. The molecule has 4 nitrogen and oxygen atoms in total. The van der Waals surface area contributed by atoms with Gasteiger partial charge >= 0.3 is 0 Å². The highest BCUT2D eigenvalue weighted by Crippen LogP contribution is 2.26. The number of amides is 1. The number of nitrogens with two attached hydrogens (primary N) is 1. The fraction of sp³-hybridized carbons (Fsp3) is 0.0909. The fourth-order valence-electron chi connectivity index (χ4n) is 1.38. The second-order valence-corrected chi connectivity index (χ2v) is 4.40. The standard InChI is InChI=1S/C11H9F2N3OS/c1-5-10(18-4-15-5)11(17)16-9-7(14)3-2-6(12)8(9)13/h2-4H,14H2,1H3,(H,16,17). The molecule has 0 fully saturated rings. The number of hydrogen-bond donors (Lipinski definition) is 2. The lowest BCUT2D eigenvalue weighted by Gasteiger charge is -2.09. The van der Waals surface area contributed by atoms with Crippen molar-refractivity contribution < 1.29 is 13.6 Å². The number of benzene rings is 1. The topological polar surface area (TPSA) is 68.0 Å². The van der Waals surface area contributed by atoms with Crippen molar-refractivity contribution in [1.82, 2.24) is 4.98 Å². The van der Waals surface area contributed by atoms with Crippen molar-refractivity contribution in [3.05, 3.63) is 39.8 Å². The van der Waals surface area contributed by atoms with E-state index < -0.39 is 17.5 Å². The average molecular weight is 269 g/mol. The Morgan fingerprint density at radius 1 is 1.44 bits per heavy atom. The maximum absolute atomic E-state index is 13.5. The van der Waals surface area contributed by atoms with Gasteiger partial charge in [-0.25, -0.2) is 13.8 Å². The summed E-state index contributed by atoms with van der Waals surface area (Å²) in [4.78, 5) is 16.1. The summed E-state index contributed by atoms with van der Waals surface area (Å²) in [6.45, 7) is 1.65. The summed E-state index contributed by atoms with van der Waals surface area (Å²) in [5.74, 6) is -2.81. The molecule has 0 aliphatic rings. The second-order valence-electron chi connectivity index (χ2n) is 3.55. The fourth-order valence-corrected chi connectivity index (χ4v) is 2.08. The highest BCUT2D eigenvalue weighted by Gasteiger charge is 2.17. The zero-order valence-electron chi connectivity index (χ0n) is 9.33. The van der Waals surface area contributed by atoms with Gasteiger partial charge in [0.15, 0.2) is 11.6 Å². The number of nitrogens with one attached hydrogen (secondary N) is 1. The molecule has 0 saturated carbocycles. The molecule has 1 aromatic carbocycles. The maximum atomic E-state index is 13.5. The van der Waals surface area contributed by atoms with Gasteiger partial charge in [0.05, 0.1) is 16.9 Å². The van der Waals surface area contributed by atoms with Crippen LogP contribution in [0.2, 0.25) is 0 Å². The molecule has 0 atom stereocenters. The Labute approximate surface area is 105 Å². The van der Waals surface area contributed by atoms with Crippen molar-refractivity contribution in [2.24, 2.45) is 0 Å². The number of carbonyl (C=O) groups is 1. The Hall–Kier alpha value is -2.02. The van der Waals surface area contributed by atoms with E-state index in [2.05, 4.69) is 10.3 Å². The maximum Gasteiger partial charge on any atom is 0.267 e. The number of nitrogen functional groups attached to an aromatic ring is 1. The molecule has 0 unspecified atom stereocenters. The number of rotatable bonds is 2. The van der Waals surface area contributed by atoms with Gasteiger partial charge in [-0.3, -0.25) is 4.79 Å². The highest BCUT2D eigenvalue weighted by atomic mass is 32.1. The Bertz CT molecular complexity index is 612. The van der Waals surface area contributed by atoms with Crippen LogP contribution in [0.25, 0.3) is 0 Å². The molecule has 0 aliphatic heterocycles. The van der Waals surface area contributed by atoms with Crippen LogP contribution in [-0.4, -0.2) is 10.9 Å². The zero-order valence-corrected chi connectivity index (χ0v) is 10.1. The summed E-state index contributed by atoms with van der Waals surface area (Å²) < 4.78 is 26.5. The van der Waals surface area contributed by atoms with E-state index in [4.69, 9.17) is 5.73 Å². The Morgan fingerprint density at radius 2 is 2.17 bits per heavy atom. The molecule has 0 radical (unpaired) electrons. The molecule has 7 heteroatoms. The van der Waals surface area contributed by atoms with Crippen molar-refractivity contribution >= 4 is 28.6 Å². The van der Waals surface area contributed by atoms with Crippen molar-refractivity contribution in [1.29, 1.82) is 0 Å². The van der Waals surface area contributed by atoms with Gasteiger partial charge in [0.2, 0.25) is 0 Å². The molecule has 0 aliphatic carbocycles. The van der Waals surface area contributed by atoms with E-state index in [0.717, 1.165) is 17.4 Å². The van der Waals surface area contributed by atoms with Gasteiger partial charge in [-0.1, -0.05) is 0 Å². The van der Waals surface area contributed by atoms with Crippen LogP contribution in [0.1, 0.15) is 15.4 Å². The van der Waals surface area contributed by atoms with Gasteiger partial charge in [0.25, 0.3) is 5.91 Å². The Balaban J connectivity index is 2.33. The van der Waals surface area contributed by atoms with Crippen LogP contribution in [-0.2, 0) is 0 Å². The van der Waals surface area contributed by atoms with Gasteiger partial charge < -0.3 is 11.1 Å². The molecule has 2 aromatic rings. The molecule has 94 valence electrons. The Kier molecular flexibility index (Phi) is 3.24. The van der Waals surface area contributed by atoms with Crippen LogP contribution < -0.4 is 11.1 Å². The third-order valence-electron chi connectivity index (χ3n) is 2.32. The van der Waals surface area contributed by atoms with Crippen LogP contribution in [0, 0.1) is 18.6 Å². The number of anilines is 2. The van der Waals surface area contributed by atoms with Crippen LogP contribution in [0.5, 0.6) is 0 Å². The van der Waals surface area contributed by atoms with E-state index in [-0.39, 0.29) is 11.4 Å². The number of aryl methyl sites for hydroxylation is 1. The van der Waals surface area contributed by atoms with E-state index in [1.807, 2.05) is 0 Å². The molecule has 2 rings (SSSR count). The minimum absolute atomic E-state index is 0.0376. The van der Waals surface area contributed by atoms with Gasteiger partial charge in [0, 0.05) is 0 Å².